The second kappa shape index (κ2) is 5.41. The highest BCUT2D eigenvalue weighted by Crippen LogP contribution is 1.87. The van der Waals surface area contributed by atoms with Crippen molar-refractivity contribution in [3.63, 3.8) is 0 Å². The van der Waals surface area contributed by atoms with Gasteiger partial charge in [0.25, 0.3) is 0 Å². The summed E-state index contributed by atoms with van der Waals surface area (Å²) in [4.78, 5) is 20.6. The lowest BCUT2D eigenvalue weighted by molar-refractivity contribution is -0.131. The van der Waals surface area contributed by atoms with Crippen molar-refractivity contribution in [1.82, 2.24) is 0 Å². The zero-order chi connectivity index (χ0) is 8.69. The van der Waals surface area contributed by atoms with Gasteiger partial charge < -0.3 is 5.11 Å². The third-order valence-corrected chi connectivity index (χ3v) is 0.932. The van der Waals surface area contributed by atoms with Crippen molar-refractivity contribution in [2.24, 2.45) is 0 Å². The molecule has 0 atom stereocenters. The quantitative estimate of drug-likeness (QED) is 0.618. The van der Waals surface area contributed by atoms with Gasteiger partial charge in [-0.3, -0.25) is 4.79 Å². The predicted molar refractivity (Wildman–Crippen MR) is 41.2 cm³/mol. The Morgan fingerprint density at radius 1 is 1.36 bits per heavy atom. The van der Waals surface area contributed by atoms with Crippen molar-refractivity contribution in [3.8, 4) is 0 Å². The summed E-state index contributed by atoms with van der Waals surface area (Å²) in [6, 6.07) is 0. The lowest BCUT2D eigenvalue weighted by Gasteiger charge is -1.83. The van der Waals surface area contributed by atoms with Crippen LogP contribution in [0.4, 0.5) is 0 Å². The second-order valence-corrected chi connectivity index (χ2v) is 1.91. The number of allylic oxidation sites excluding steroid dienone is 3. The maximum absolute atomic E-state index is 10.7. The van der Waals surface area contributed by atoms with E-state index in [9.17, 15) is 9.59 Å². The van der Waals surface area contributed by atoms with Crippen molar-refractivity contribution in [2.45, 2.75) is 13.3 Å². The molecular formula is C8H10O3. The van der Waals surface area contributed by atoms with Gasteiger partial charge in [-0.15, -0.1) is 0 Å². The first-order valence-corrected chi connectivity index (χ1v) is 3.22. The van der Waals surface area contributed by atoms with Gasteiger partial charge in [0.15, 0.2) is 5.78 Å². The standard InChI is InChI=1S/C8H10O3/c1-2-4-7(9)5-3-6-8(10)11/h2-4,6H,5H2,1H3,(H,10,11)/b4-2+,6-3+. The number of aliphatic carboxylic acids is 1. The molecule has 0 aromatic carbocycles. The van der Waals surface area contributed by atoms with Crippen LogP contribution in [0.15, 0.2) is 24.3 Å². The molecule has 0 aromatic rings. The van der Waals surface area contributed by atoms with Crippen LogP contribution in [0.5, 0.6) is 0 Å². The first-order valence-electron chi connectivity index (χ1n) is 3.22. The number of carbonyl (C=O) groups excluding carboxylic acids is 1. The van der Waals surface area contributed by atoms with Crippen molar-refractivity contribution in [3.05, 3.63) is 24.3 Å². The molecule has 0 fully saturated rings. The molecule has 1 N–H and O–H groups in total. The van der Waals surface area contributed by atoms with Crippen LogP contribution in [0.25, 0.3) is 0 Å². The molecule has 3 nitrogen and oxygen atoms in total. The molecular weight excluding hydrogens is 144 g/mol. The Bertz CT molecular complexity index is 201. The maximum Gasteiger partial charge on any atom is 0.327 e. The Labute approximate surface area is 65.0 Å². The van der Waals surface area contributed by atoms with Gasteiger partial charge in [0.2, 0.25) is 0 Å². The molecule has 0 unspecified atom stereocenters. The summed E-state index contributed by atoms with van der Waals surface area (Å²) in [5, 5.41) is 8.14. The van der Waals surface area contributed by atoms with Gasteiger partial charge in [-0.25, -0.2) is 4.79 Å². The van der Waals surface area contributed by atoms with Crippen LogP contribution in [0, 0.1) is 0 Å². The molecule has 0 aliphatic carbocycles. The van der Waals surface area contributed by atoms with Crippen LogP contribution < -0.4 is 0 Å². The Hall–Kier alpha value is -1.38. The Morgan fingerprint density at radius 3 is 2.45 bits per heavy atom. The minimum Gasteiger partial charge on any atom is -0.478 e. The van der Waals surface area contributed by atoms with Crippen LogP contribution in [-0.4, -0.2) is 16.9 Å². The average molecular weight is 154 g/mol. The van der Waals surface area contributed by atoms with E-state index in [1.807, 2.05) is 0 Å². The van der Waals surface area contributed by atoms with Crippen LogP contribution in [0.3, 0.4) is 0 Å². The van der Waals surface area contributed by atoms with E-state index >= 15 is 0 Å². The number of ketones is 1. The monoisotopic (exact) mass is 154 g/mol. The summed E-state index contributed by atoms with van der Waals surface area (Å²) in [5.74, 6) is -1.12. The smallest absolute Gasteiger partial charge is 0.327 e. The summed E-state index contributed by atoms with van der Waals surface area (Å²) in [6.07, 6.45) is 5.46. The first kappa shape index (κ1) is 9.62. The average Bonchev–Trinajstić information content (AvgIpc) is 1.87. The van der Waals surface area contributed by atoms with Gasteiger partial charge in [0.1, 0.15) is 0 Å². The number of hydrogen-bond donors (Lipinski definition) is 1. The van der Waals surface area contributed by atoms with Crippen LogP contribution in [-0.2, 0) is 9.59 Å². The third-order valence-electron chi connectivity index (χ3n) is 0.932. The molecule has 0 saturated carbocycles. The Balaban J connectivity index is 3.70. The van der Waals surface area contributed by atoms with Gasteiger partial charge in [-0.05, 0) is 13.0 Å². The van der Waals surface area contributed by atoms with Crippen molar-refractivity contribution in [2.75, 3.05) is 0 Å². The number of carboxylic acid groups (broad SMARTS) is 1. The molecule has 0 spiro atoms. The van der Waals surface area contributed by atoms with E-state index in [0.29, 0.717) is 0 Å². The number of rotatable bonds is 4. The number of carboxylic acids is 1. The number of carbonyl (C=O) groups is 2. The van der Waals surface area contributed by atoms with Gasteiger partial charge in [0.05, 0.1) is 0 Å². The normalized spacial score (nSPS) is 11.0. The highest BCUT2D eigenvalue weighted by atomic mass is 16.4. The summed E-state index contributed by atoms with van der Waals surface area (Å²) < 4.78 is 0. The number of hydrogen-bond acceptors (Lipinski definition) is 2. The van der Waals surface area contributed by atoms with E-state index in [0.717, 1.165) is 6.08 Å². The zero-order valence-electron chi connectivity index (χ0n) is 6.28. The van der Waals surface area contributed by atoms with Gasteiger partial charge in [-0.1, -0.05) is 12.2 Å². The Morgan fingerprint density at radius 2 is 2.00 bits per heavy atom. The lowest BCUT2D eigenvalue weighted by atomic mass is 10.2. The topological polar surface area (TPSA) is 54.4 Å². The molecule has 0 radical (unpaired) electrons. The van der Waals surface area contributed by atoms with E-state index in [4.69, 9.17) is 5.11 Å². The summed E-state index contributed by atoms with van der Waals surface area (Å²) >= 11 is 0. The summed E-state index contributed by atoms with van der Waals surface area (Å²) in [7, 11) is 0. The molecule has 0 aliphatic heterocycles. The van der Waals surface area contributed by atoms with Crippen LogP contribution >= 0.6 is 0 Å². The maximum atomic E-state index is 10.7. The minimum absolute atomic E-state index is 0.0926. The molecule has 11 heavy (non-hydrogen) atoms. The lowest BCUT2D eigenvalue weighted by Crippen LogP contribution is -1.91. The zero-order valence-corrected chi connectivity index (χ0v) is 6.28. The predicted octanol–water partition coefficient (Wildman–Crippen LogP) is 1.16. The second-order valence-electron chi connectivity index (χ2n) is 1.91. The SMILES string of the molecule is C/C=C/C(=O)C/C=C/C(=O)O. The third kappa shape index (κ3) is 6.51. The summed E-state index contributed by atoms with van der Waals surface area (Å²) in [6.45, 7) is 1.73. The van der Waals surface area contributed by atoms with Crippen molar-refractivity contribution >= 4 is 11.8 Å². The molecule has 0 rings (SSSR count). The highest BCUT2D eigenvalue weighted by Gasteiger charge is 1.91. The minimum atomic E-state index is -1.03. The van der Waals surface area contributed by atoms with Gasteiger partial charge >= 0.3 is 5.97 Å². The molecule has 0 heterocycles. The molecule has 0 aromatic heterocycles. The highest BCUT2D eigenvalue weighted by molar-refractivity contribution is 5.91. The molecule has 0 bridgehead atoms. The summed E-state index contributed by atoms with van der Waals surface area (Å²) in [5.41, 5.74) is 0. The van der Waals surface area contributed by atoms with Gasteiger partial charge in [0, 0.05) is 12.5 Å². The van der Waals surface area contributed by atoms with E-state index in [-0.39, 0.29) is 12.2 Å². The Kier molecular flexibility index (Phi) is 4.73. The first-order chi connectivity index (χ1) is 5.16. The van der Waals surface area contributed by atoms with Crippen LogP contribution in [0.2, 0.25) is 0 Å². The fourth-order valence-electron chi connectivity index (χ4n) is 0.530. The molecule has 0 aliphatic rings. The van der Waals surface area contributed by atoms with Crippen molar-refractivity contribution < 1.29 is 14.7 Å². The van der Waals surface area contributed by atoms with E-state index in [2.05, 4.69) is 0 Å². The van der Waals surface area contributed by atoms with Crippen LogP contribution in [0.1, 0.15) is 13.3 Å². The van der Waals surface area contributed by atoms with E-state index in [1.165, 1.54) is 12.2 Å². The van der Waals surface area contributed by atoms with Gasteiger partial charge in [-0.2, -0.15) is 0 Å². The largest absolute Gasteiger partial charge is 0.478 e. The molecule has 3 heteroatoms. The molecule has 0 saturated heterocycles. The molecule has 60 valence electrons. The van der Waals surface area contributed by atoms with E-state index in [1.54, 1.807) is 13.0 Å². The molecule has 0 amide bonds. The van der Waals surface area contributed by atoms with E-state index < -0.39 is 5.97 Å². The van der Waals surface area contributed by atoms with Crippen molar-refractivity contribution in [1.29, 1.82) is 0 Å². The fourth-order valence-corrected chi connectivity index (χ4v) is 0.530. The fraction of sp³-hybridized carbons (Fsp3) is 0.250.